The Kier molecular flexibility index (Phi) is 21.2. The summed E-state index contributed by atoms with van der Waals surface area (Å²) in [6.07, 6.45) is 12.0. The highest BCUT2D eigenvalue weighted by Crippen LogP contribution is 2.10. The average Bonchev–Trinajstić information content (AvgIpc) is 2.59. The van der Waals surface area contributed by atoms with E-state index in [2.05, 4.69) is 20.6 Å². The van der Waals surface area contributed by atoms with Gasteiger partial charge in [-0.15, -0.1) is 0 Å². The number of nitrogens with one attached hydrogen (secondary N) is 1. The van der Waals surface area contributed by atoms with E-state index >= 15 is 0 Å². The molecule has 0 saturated heterocycles. The Labute approximate surface area is 167 Å². The quantitative estimate of drug-likeness (QED) is 0.392. The minimum atomic E-state index is -3.86. The second-order valence-corrected chi connectivity index (χ2v) is 8.41. The van der Waals surface area contributed by atoms with Gasteiger partial charge in [-0.3, -0.25) is 8.98 Å². The van der Waals surface area contributed by atoms with Crippen molar-refractivity contribution in [3.63, 3.8) is 0 Å². The van der Waals surface area contributed by atoms with Gasteiger partial charge in [-0.05, 0) is 34.0 Å². The minimum Gasteiger partial charge on any atom is -0.356 e. The molecule has 1 N–H and O–H groups in total. The molecule has 0 saturated carbocycles. The summed E-state index contributed by atoms with van der Waals surface area (Å²) in [6.45, 7) is 2.64. The van der Waals surface area contributed by atoms with Gasteiger partial charge in [0.05, 0.1) is 13.7 Å². The first-order valence-corrected chi connectivity index (χ1v) is 11.4. The first kappa shape index (κ1) is 28.5. The third-order valence-electron chi connectivity index (χ3n) is 3.58. The molecule has 27 heavy (non-hydrogen) atoms. The molecule has 0 aliphatic carbocycles. The third-order valence-corrected chi connectivity index (χ3v) is 4.45. The number of nitrogens with zero attached hydrogens (tertiary/aromatic N) is 1. The van der Waals surface area contributed by atoms with Gasteiger partial charge in [0, 0.05) is 13.0 Å². The van der Waals surface area contributed by atoms with Gasteiger partial charge >= 0.3 is 10.4 Å². The minimum absolute atomic E-state index is 0.00842. The Morgan fingerprint density at radius 3 is 1.85 bits per heavy atom. The molecule has 0 spiro atoms. The molecule has 0 aromatic carbocycles. The maximum Gasteiger partial charge on any atom is 0.399 e. The lowest BCUT2D eigenvalue weighted by molar-refractivity contribution is -0.121. The van der Waals surface area contributed by atoms with E-state index in [1.807, 2.05) is 26.0 Å². The van der Waals surface area contributed by atoms with E-state index in [1.54, 1.807) is 0 Å². The van der Waals surface area contributed by atoms with Crippen molar-refractivity contribution in [3.8, 4) is 0 Å². The molecule has 164 valence electrons. The van der Waals surface area contributed by atoms with E-state index in [0.29, 0.717) is 19.4 Å². The zero-order valence-electron chi connectivity index (χ0n) is 18.1. The van der Waals surface area contributed by atoms with Crippen LogP contribution in [0.4, 0.5) is 0 Å². The van der Waals surface area contributed by atoms with Crippen LogP contribution in [-0.4, -0.2) is 60.6 Å². The Hall–Kier alpha value is -0.700. The van der Waals surface area contributed by atoms with Crippen LogP contribution in [0.1, 0.15) is 77.6 Å². The lowest BCUT2D eigenvalue weighted by Crippen LogP contribution is -2.25. The van der Waals surface area contributed by atoms with Crippen LogP contribution in [0.3, 0.4) is 0 Å². The summed E-state index contributed by atoms with van der Waals surface area (Å²) in [5.41, 5.74) is 0. The fourth-order valence-corrected chi connectivity index (χ4v) is 2.61. The summed E-state index contributed by atoms with van der Waals surface area (Å²) in [4.78, 5) is 13.6. The van der Waals surface area contributed by atoms with Gasteiger partial charge in [0.25, 0.3) is 0 Å². The standard InChI is InChI=1S/C16H33NO5S.C3H9N/c1-3-4-5-6-7-8-9-10-11-13-16(18)17-14-12-15-22-23(19,20)21-2;1-4(2)3/h3-15H2,1-2H3,(H,17,18);1-3H3. The van der Waals surface area contributed by atoms with E-state index in [-0.39, 0.29) is 12.5 Å². The Morgan fingerprint density at radius 1 is 0.889 bits per heavy atom. The number of hydrogen-bond acceptors (Lipinski definition) is 6. The highest BCUT2D eigenvalue weighted by Gasteiger charge is 2.08. The topological polar surface area (TPSA) is 84.9 Å². The van der Waals surface area contributed by atoms with E-state index < -0.39 is 10.4 Å². The SMILES string of the molecule is CCCCCCCCCCCC(=O)NCCCOS(=O)(=O)OC.CN(C)C. The molecule has 0 radical (unpaired) electrons. The van der Waals surface area contributed by atoms with Crippen molar-refractivity contribution in [1.29, 1.82) is 0 Å². The second kappa shape index (κ2) is 20.0. The first-order valence-electron chi connectivity index (χ1n) is 10.1. The monoisotopic (exact) mass is 410 g/mol. The molecule has 0 fully saturated rings. The molecule has 1 amide bonds. The van der Waals surface area contributed by atoms with Crippen molar-refractivity contribution in [2.24, 2.45) is 0 Å². The van der Waals surface area contributed by atoms with Crippen LogP contribution >= 0.6 is 0 Å². The summed E-state index contributed by atoms with van der Waals surface area (Å²) in [6, 6.07) is 0. The average molecular weight is 411 g/mol. The maximum atomic E-state index is 11.6. The van der Waals surface area contributed by atoms with Crippen LogP contribution in [0.5, 0.6) is 0 Å². The Balaban J connectivity index is 0. The van der Waals surface area contributed by atoms with E-state index in [0.717, 1.165) is 20.0 Å². The summed E-state index contributed by atoms with van der Waals surface area (Å²) in [7, 11) is 3.18. The zero-order valence-corrected chi connectivity index (χ0v) is 18.9. The molecule has 0 atom stereocenters. The summed E-state index contributed by atoms with van der Waals surface area (Å²) >= 11 is 0. The Morgan fingerprint density at radius 2 is 1.37 bits per heavy atom. The number of amides is 1. The fourth-order valence-electron chi connectivity index (χ4n) is 2.19. The molecule has 0 heterocycles. The van der Waals surface area contributed by atoms with Crippen molar-refractivity contribution in [2.45, 2.75) is 77.6 Å². The normalized spacial score (nSPS) is 11.2. The van der Waals surface area contributed by atoms with Crippen LogP contribution in [0.25, 0.3) is 0 Å². The highest BCUT2D eigenvalue weighted by molar-refractivity contribution is 7.81. The van der Waals surface area contributed by atoms with Crippen molar-refractivity contribution in [3.05, 3.63) is 0 Å². The molecule has 0 aliphatic heterocycles. The summed E-state index contributed by atoms with van der Waals surface area (Å²) < 4.78 is 30.4. The highest BCUT2D eigenvalue weighted by atomic mass is 32.3. The smallest absolute Gasteiger partial charge is 0.356 e. The van der Waals surface area contributed by atoms with E-state index in [9.17, 15) is 13.2 Å². The fraction of sp³-hybridized carbons (Fsp3) is 0.947. The third kappa shape index (κ3) is 27.6. The van der Waals surface area contributed by atoms with Crippen LogP contribution < -0.4 is 5.32 Å². The lowest BCUT2D eigenvalue weighted by Gasteiger charge is -2.06. The molecule has 0 bridgehead atoms. The maximum absolute atomic E-state index is 11.6. The largest absolute Gasteiger partial charge is 0.399 e. The zero-order chi connectivity index (χ0) is 21.0. The van der Waals surface area contributed by atoms with Crippen LogP contribution in [0, 0.1) is 0 Å². The van der Waals surface area contributed by atoms with Gasteiger partial charge in [0.2, 0.25) is 5.91 Å². The molecular weight excluding hydrogens is 368 g/mol. The van der Waals surface area contributed by atoms with Crippen LogP contribution in [-0.2, 0) is 23.6 Å². The number of unbranched alkanes of at least 4 members (excludes halogenated alkanes) is 8. The molecule has 0 aliphatic rings. The molecule has 7 nitrogen and oxygen atoms in total. The number of rotatable bonds is 16. The lowest BCUT2D eigenvalue weighted by atomic mass is 10.1. The molecule has 0 aromatic rings. The molecular formula is C19H42N2O5S. The number of hydrogen-bond donors (Lipinski definition) is 1. The van der Waals surface area contributed by atoms with Crippen molar-refractivity contribution < 1.29 is 21.6 Å². The van der Waals surface area contributed by atoms with Crippen molar-refractivity contribution in [2.75, 3.05) is 41.4 Å². The molecule has 0 unspecified atom stereocenters. The second-order valence-electron chi connectivity index (χ2n) is 7.02. The van der Waals surface area contributed by atoms with Crippen molar-refractivity contribution >= 4 is 16.3 Å². The van der Waals surface area contributed by atoms with Gasteiger partial charge in [-0.1, -0.05) is 58.3 Å². The van der Waals surface area contributed by atoms with Gasteiger partial charge in [0.1, 0.15) is 0 Å². The number of carbonyl (C=O) groups is 1. The summed E-state index contributed by atoms with van der Waals surface area (Å²) in [5, 5.41) is 2.76. The Bertz CT molecular complexity index is 425. The van der Waals surface area contributed by atoms with Crippen molar-refractivity contribution in [1.82, 2.24) is 10.2 Å². The van der Waals surface area contributed by atoms with Crippen LogP contribution in [0.15, 0.2) is 0 Å². The van der Waals surface area contributed by atoms with E-state index in [1.165, 1.54) is 44.9 Å². The van der Waals surface area contributed by atoms with Gasteiger partial charge in [-0.2, -0.15) is 8.42 Å². The van der Waals surface area contributed by atoms with Gasteiger partial charge in [-0.25, -0.2) is 4.18 Å². The van der Waals surface area contributed by atoms with Crippen LogP contribution in [0.2, 0.25) is 0 Å². The first-order chi connectivity index (χ1) is 12.7. The molecule has 0 aromatic heterocycles. The summed E-state index contributed by atoms with van der Waals surface area (Å²) in [5.74, 6) is 0.0162. The molecule has 0 rings (SSSR count). The number of carbonyl (C=O) groups excluding carboxylic acids is 1. The van der Waals surface area contributed by atoms with Gasteiger partial charge < -0.3 is 10.2 Å². The predicted molar refractivity (Wildman–Crippen MR) is 111 cm³/mol. The van der Waals surface area contributed by atoms with Gasteiger partial charge in [0.15, 0.2) is 0 Å². The predicted octanol–water partition coefficient (Wildman–Crippen LogP) is 3.50. The van der Waals surface area contributed by atoms with E-state index in [4.69, 9.17) is 0 Å². The molecule has 8 heteroatoms.